The number of anilines is 1. The lowest BCUT2D eigenvalue weighted by atomic mass is 10.1. The van der Waals surface area contributed by atoms with Gasteiger partial charge in [0.25, 0.3) is 5.91 Å². The van der Waals surface area contributed by atoms with Crippen molar-refractivity contribution in [1.82, 2.24) is 15.3 Å². The number of hydrogen-bond acceptors (Lipinski definition) is 9. The summed E-state index contributed by atoms with van der Waals surface area (Å²) in [6.07, 6.45) is -2.06. The summed E-state index contributed by atoms with van der Waals surface area (Å²) in [4.78, 5) is 23.2. The van der Waals surface area contributed by atoms with Crippen LogP contribution in [-0.4, -0.2) is 73.7 Å². The molecule has 0 saturated carbocycles. The van der Waals surface area contributed by atoms with Gasteiger partial charge in [-0.3, -0.25) is 4.79 Å². The maximum Gasteiger partial charge on any atom is 0.416 e. The second-order valence-corrected chi connectivity index (χ2v) is 12.5. The lowest BCUT2D eigenvalue weighted by molar-refractivity contribution is -0.137. The number of halogens is 5. The number of hydrogen-bond donors (Lipinski definition) is 2. The zero-order chi connectivity index (χ0) is 32.8. The number of nitrogens with one attached hydrogen (secondary N) is 1. The Morgan fingerprint density at radius 1 is 1.09 bits per heavy atom. The fourth-order valence-electron chi connectivity index (χ4n) is 4.82. The second-order valence-electron chi connectivity index (χ2n) is 10.2. The molecule has 1 aliphatic heterocycles. The van der Waals surface area contributed by atoms with E-state index in [1.165, 1.54) is 55.7 Å². The van der Waals surface area contributed by atoms with Crippen molar-refractivity contribution >= 4 is 21.7 Å². The fourth-order valence-corrected chi connectivity index (χ4v) is 5.71. The Bertz CT molecular complexity index is 1520. The van der Waals surface area contributed by atoms with Crippen LogP contribution in [0, 0.1) is 0 Å². The molecule has 45 heavy (non-hydrogen) atoms. The Balaban J connectivity index is 1.44. The largest absolute Gasteiger partial charge is 0.489 e. The van der Waals surface area contributed by atoms with Gasteiger partial charge in [0.05, 0.1) is 47.6 Å². The minimum absolute atomic E-state index is 0.0525. The molecule has 0 radical (unpaired) electrons. The lowest BCUT2D eigenvalue weighted by Crippen LogP contribution is -2.33. The van der Waals surface area contributed by atoms with E-state index >= 15 is 0 Å². The molecule has 244 valence electrons. The summed E-state index contributed by atoms with van der Waals surface area (Å²) in [5.74, 6) is -0.321. The van der Waals surface area contributed by atoms with E-state index < -0.39 is 58.9 Å². The van der Waals surface area contributed by atoms with Crippen LogP contribution >= 0.6 is 0 Å². The number of nitrogens with zero attached hydrogens (tertiary/aromatic N) is 3. The number of sulfone groups is 1. The van der Waals surface area contributed by atoms with Crippen LogP contribution < -0.4 is 15.0 Å². The number of ether oxygens (including phenoxy) is 2. The molecule has 0 bridgehead atoms. The van der Waals surface area contributed by atoms with Crippen molar-refractivity contribution in [1.29, 1.82) is 0 Å². The number of alkyl halides is 5. The van der Waals surface area contributed by atoms with Gasteiger partial charge >= 0.3 is 12.8 Å². The topological polar surface area (TPSA) is 131 Å². The zero-order valence-corrected chi connectivity index (χ0v) is 24.8. The number of aliphatic hydroxyl groups is 1. The quantitative estimate of drug-likeness (QED) is 0.257. The molecule has 1 unspecified atom stereocenters. The molecule has 16 heteroatoms. The Labute approximate surface area is 256 Å². The summed E-state index contributed by atoms with van der Waals surface area (Å²) < 4.78 is 98.3. The van der Waals surface area contributed by atoms with Crippen LogP contribution in [0.3, 0.4) is 0 Å². The van der Waals surface area contributed by atoms with E-state index in [9.17, 15) is 40.3 Å². The van der Waals surface area contributed by atoms with Crippen LogP contribution in [0.1, 0.15) is 47.3 Å². The standard InChI is InChI=1S/C29H31F5N4O6S/c1-2-45(41,42)24-9-3-18(4-10-24)25(17-39)37-26(40)19-14-35-28(36-15-19)38-16-23(13-21(38)11-12-43-27(30)31)44-22-7-5-20(6-8-22)29(32,33)34/h3-10,14-15,21,23,25,27,39H,2,11-13,16-17H2,1H3,(H,37,40)/t21-,23-,25?/m1/s1. The van der Waals surface area contributed by atoms with Crippen molar-refractivity contribution in [3.8, 4) is 5.75 Å². The van der Waals surface area contributed by atoms with Crippen LogP contribution in [0.5, 0.6) is 5.75 Å². The molecule has 10 nitrogen and oxygen atoms in total. The highest BCUT2D eigenvalue weighted by atomic mass is 32.2. The summed E-state index contributed by atoms with van der Waals surface area (Å²) in [7, 11) is -3.42. The molecular weight excluding hydrogens is 627 g/mol. The second kappa shape index (κ2) is 14.5. The van der Waals surface area contributed by atoms with Crippen molar-refractivity contribution in [3.05, 3.63) is 77.6 Å². The molecule has 1 fully saturated rings. The molecule has 0 spiro atoms. The molecule has 2 N–H and O–H groups in total. The third-order valence-corrected chi connectivity index (χ3v) is 8.97. The number of aromatic nitrogens is 2. The predicted octanol–water partition coefficient (Wildman–Crippen LogP) is 4.41. The average Bonchev–Trinajstić information content (AvgIpc) is 3.41. The number of carbonyl (C=O) groups is 1. The van der Waals surface area contributed by atoms with E-state index in [-0.39, 0.29) is 47.5 Å². The Morgan fingerprint density at radius 3 is 2.29 bits per heavy atom. The highest BCUT2D eigenvalue weighted by molar-refractivity contribution is 7.91. The van der Waals surface area contributed by atoms with E-state index in [0.29, 0.717) is 12.0 Å². The fraction of sp³-hybridized carbons (Fsp3) is 0.414. The first-order valence-corrected chi connectivity index (χ1v) is 15.5. The Kier molecular flexibility index (Phi) is 10.9. The van der Waals surface area contributed by atoms with E-state index in [2.05, 4.69) is 20.0 Å². The van der Waals surface area contributed by atoms with E-state index in [1.54, 1.807) is 4.90 Å². The maximum atomic E-state index is 12.9. The van der Waals surface area contributed by atoms with Gasteiger partial charge in [0.1, 0.15) is 11.9 Å². The summed E-state index contributed by atoms with van der Waals surface area (Å²) in [5.41, 5.74) is -0.298. The molecule has 1 saturated heterocycles. The van der Waals surface area contributed by atoms with Gasteiger partial charge in [0.15, 0.2) is 9.84 Å². The first kappa shape index (κ1) is 34.0. The van der Waals surface area contributed by atoms with Gasteiger partial charge < -0.3 is 24.8 Å². The monoisotopic (exact) mass is 658 g/mol. The van der Waals surface area contributed by atoms with Crippen LogP contribution in [0.15, 0.2) is 65.8 Å². The van der Waals surface area contributed by atoms with Gasteiger partial charge in [-0.05, 0) is 48.4 Å². The minimum Gasteiger partial charge on any atom is -0.489 e. The van der Waals surface area contributed by atoms with E-state index in [1.807, 2.05) is 0 Å². The number of amides is 1. The van der Waals surface area contributed by atoms with Gasteiger partial charge in [0.2, 0.25) is 5.95 Å². The van der Waals surface area contributed by atoms with Gasteiger partial charge in [-0.25, -0.2) is 18.4 Å². The first-order valence-electron chi connectivity index (χ1n) is 13.9. The smallest absolute Gasteiger partial charge is 0.416 e. The maximum absolute atomic E-state index is 12.9. The highest BCUT2D eigenvalue weighted by Crippen LogP contribution is 2.32. The number of aliphatic hydroxyl groups excluding tert-OH is 1. The molecule has 3 aromatic rings. The van der Waals surface area contributed by atoms with Crippen molar-refractivity contribution in [2.75, 3.05) is 30.4 Å². The van der Waals surface area contributed by atoms with Crippen LogP contribution in [0.4, 0.5) is 27.9 Å². The van der Waals surface area contributed by atoms with Crippen LogP contribution in [0.2, 0.25) is 0 Å². The van der Waals surface area contributed by atoms with Crippen molar-refractivity contribution < 1.29 is 49.7 Å². The highest BCUT2D eigenvalue weighted by Gasteiger charge is 2.36. The first-order chi connectivity index (χ1) is 21.3. The van der Waals surface area contributed by atoms with Crippen molar-refractivity contribution in [3.63, 3.8) is 0 Å². The number of benzene rings is 2. The summed E-state index contributed by atoms with van der Waals surface area (Å²) in [6.45, 7) is -2.00. The van der Waals surface area contributed by atoms with Gasteiger partial charge in [-0.1, -0.05) is 19.1 Å². The molecule has 4 rings (SSSR count). The van der Waals surface area contributed by atoms with Crippen LogP contribution in [-0.2, 0) is 20.8 Å². The summed E-state index contributed by atoms with van der Waals surface area (Å²) in [5, 5.41) is 12.5. The molecule has 2 aromatic carbocycles. The van der Waals surface area contributed by atoms with Gasteiger partial charge in [-0.2, -0.15) is 22.0 Å². The van der Waals surface area contributed by atoms with Crippen molar-refractivity contribution in [2.24, 2.45) is 0 Å². The Hall–Kier alpha value is -3.89. The number of carbonyl (C=O) groups excluding carboxylic acids is 1. The normalized spacial score (nSPS) is 17.8. The minimum atomic E-state index is -4.50. The zero-order valence-electron chi connectivity index (χ0n) is 24.0. The van der Waals surface area contributed by atoms with E-state index in [4.69, 9.17) is 4.74 Å². The predicted molar refractivity (Wildman–Crippen MR) is 152 cm³/mol. The average molecular weight is 659 g/mol. The van der Waals surface area contributed by atoms with Gasteiger partial charge in [-0.15, -0.1) is 0 Å². The third kappa shape index (κ3) is 8.85. The third-order valence-electron chi connectivity index (χ3n) is 7.22. The lowest BCUT2D eigenvalue weighted by Gasteiger charge is -2.24. The Morgan fingerprint density at radius 2 is 1.73 bits per heavy atom. The molecule has 1 aromatic heterocycles. The number of rotatable bonds is 13. The van der Waals surface area contributed by atoms with E-state index in [0.717, 1.165) is 12.1 Å². The SMILES string of the molecule is CCS(=O)(=O)c1ccc(C(CO)NC(=O)c2cnc(N3C[C@H](Oc4ccc(C(F)(F)F)cc4)C[C@H]3CCOC(F)F)nc2)cc1. The molecule has 0 aliphatic carbocycles. The summed E-state index contributed by atoms with van der Waals surface area (Å²) in [6, 6.07) is 8.72. The van der Waals surface area contributed by atoms with Crippen molar-refractivity contribution in [2.45, 2.75) is 55.6 Å². The summed E-state index contributed by atoms with van der Waals surface area (Å²) >= 11 is 0. The van der Waals surface area contributed by atoms with Crippen LogP contribution in [0.25, 0.3) is 0 Å². The molecule has 2 heterocycles. The molecular formula is C29H31F5N4O6S. The molecule has 1 aliphatic rings. The van der Waals surface area contributed by atoms with Gasteiger partial charge in [0, 0.05) is 24.9 Å². The molecule has 3 atom stereocenters. The molecule has 1 amide bonds.